The molecule has 7 heteroatoms. The van der Waals surface area contributed by atoms with Crippen LogP contribution in [0.1, 0.15) is 29.8 Å². The molecule has 0 aliphatic carbocycles. The Balaban J connectivity index is 1.68. The number of fused-ring (bicyclic) bond motifs is 1. The summed E-state index contributed by atoms with van der Waals surface area (Å²) in [5.74, 6) is 0.817. The topological polar surface area (TPSA) is 99.9 Å². The van der Waals surface area contributed by atoms with E-state index >= 15 is 0 Å². The van der Waals surface area contributed by atoms with Crippen molar-refractivity contribution in [2.75, 3.05) is 18.5 Å². The lowest BCUT2D eigenvalue weighted by molar-refractivity contribution is -0.118. The van der Waals surface area contributed by atoms with Crippen molar-refractivity contribution in [2.45, 2.75) is 26.4 Å². The van der Waals surface area contributed by atoms with Crippen LogP contribution in [0.3, 0.4) is 0 Å². The van der Waals surface area contributed by atoms with E-state index in [4.69, 9.17) is 19.9 Å². The lowest BCUT2D eigenvalue weighted by Gasteiger charge is -2.14. The lowest BCUT2D eigenvalue weighted by atomic mass is 10.1. The fraction of sp³-hybridized carbons (Fsp3) is 0.300. The van der Waals surface area contributed by atoms with Crippen molar-refractivity contribution in [2.24, 2.45) is 5.73 Å². The monoisotopic (exact) mass is 370 g/mol. The number of hydrogen-bond donors (Lipinski definition) is 2. The maximum absolute atomic E-state index is 12.3. The molecule has 27 heavy (non-hydrogen) atoms. The predicted molar refractivity (Wildman–Crippen MR) is 100 cm³/mol. The van der Waals surface area contributed by atoms with Gasteiger partial charge in [-0.25, -0.2) is 0 Å². The molecule has 0 aromatic heterocycles. The van der Waals surface area contributed by atoms with Crippen LogP contribution in [0.25, 0.3) is 0 Å². The van der Waals surface area contributed by atoms with Crippen LogP contribution in [0.5, 0.6) is 17.2 Å². The van der Waals surface area contributed by atoms with Crippen LogP contribution < -0.4 is 25.3 Å². The first-order valence-electron chi connectivity index (χ1n) is 8.75. The lowest BCUT2D eigenvalue weighted by Crippen LogP contribution is -2.21. The average molecular weight is 370 g/mol. The molecule has 7 nitrogen and oxygen atoms in total. The first-order valence-corrected chi connectivity index (χ1v) is 8.75. The third-order valence-corrected chi connectivity index (χ3v) is 4.06. The van der Waals surface area contributed by atoms with Crippen molar-refractivity contribution in [1.82, 2.24) is 0 Å². The van der Waals surface area contributed by atoms with Crippen LogP contribution in [0.4, 0.5) is 5.69 Å². The van der Waals surface area contributed by atoms with E-state index in [9.17, 15) is 9.59 Å². The standard InChI is InChI=1S/C20H22N2O5/c1-3-25-18-9-14-7-12(2)27-17(14)10-16(18)22-19(23)11-26-15-6-4-5-13(8-15)20(21)24/h4-6,8-10,12H,3,7,11H2,1-2H3,(H2,21,24)(H,22,23). The van der Waals surface area contributed by atoms with Crippen LogP contribution in [-0.4, -0.2) is 31.1 Å². The van der Waals surface area contributed by atoms with Gasteiger partial charge in [-0.05, 0) is 38.1 Å². The summed E-state index contributed by atoms with van der Waals surface area (Å²) in [5.41, 5.74) is 7.15. The zero-order valence-electron chi connectivity index (χ0n) is 15.3. The Hall–Kier alpha value is -3.22. The number of nitrogens with two attached hydrogens (primary N) is 1. The number of carbonyl (C=O) groups is 2. The molecule has 3 N–H and O–H groups in total. The highest BCUT2D eigenvalue weighted by Gasteiger charge is 2.22. The normalized spacial score (nSPS) is 14.8. The second-order valence-electron chi connectivity index (χ2n) is 6.25. The number of rotatable bonds is 7. The van der Waals surface area contributed by atoms with E-state index in [0.29, 0.717) is 29.4 Å². The van der Waals surface area contributed by atoms with Crippen LogP contribution >= 0.6 is 0 Å². The van der Waals surface area contributed by atoms with E-state index in [1.165, 1.54) is 6.07 Å². The van der Waals surface area contributed by atoms with Crippen molar-refractivity contribution in [3.63, 3.8) is 0 Å². The molecule has 0 radical (unpaired) electrons. The Morgan fingerprint density at radius 3 is 2.81 bits per heavy atom. The molecule has 1 aliphatic heterocycles. The number of amides is 2. The maximum Gasteiger partial charge on any atom is 0.262 e. The number of nitrogens with one attached hydrogen (secondary N) is 1. The quantitative estimate of drug-likeness (QED) is 0.780. The number of carbonyl (C=O) groups excluding carboxylic acids is 2. The zero-order chi connectivity index (χ0) is 19.4. The van der Waals surface area contributed by atoms with E-state index in [1.807, 2.05) is 19.9 Å². The third kappa shape index (κ3) is 4.49. The third-order valence-electron chi connectivity index (χ3n) is 4.06. The molecule has 3 rings (SSSR count). The first kappa shape index (κ1) is 18.6. The van der Waals surface area contributed by atoms with E-state index < -0.39 is 5.91 Å². The van der Waals surface area contributed by atoms with Crippen LogP contribution in [0, 0.1) is 0 Å². The fourth-order valence-electron chi connectivity index (χ4n) is 2.89. The SMILES string of the molecule is CCOc1cc2c(cc1NC(=O)COc1cccc(C(N)=O)c1)OC(C)C2. The Labute approximate surface area is 157 Å². The summed E-state index contributed by atoms with van der Waals surface area (Å²) in [6.07, 6.45) is 0.907. The van der Waals surface area contributed by atoms with E-state index in [2.05, 4.69) is 5.32 Å². The van der Waals surface area contributed by atoms with Gasteiger partial charge in [0.2, 0.25) is 5.91 Å². The summed E-state index contributed by atoms with van der Waals surface area (Å²) in [4.78, 5) is 23.5. The van der Waals surface area contributed by atoms with Gasteiger partial charge >= 0.3 is 0 Å². The van der Waals surface area contributed by atoms with Gasteiger partial charge in [-0.1, -0.05) is 6.07 Å². The molecule has 0 fully saturated rings. The molecule has 0 saturated carbocycles. The van der Waals surface area contributed by atoms with Crippen molar-refractivity contribution >= 4 is 17.5 Å². The molecule has 0 bridgehead atoms. The van der Waals surface area contributed by atoms with Gasteiger partial charge in [-0.2, -0.15) is 0 Å². The van der Waals surface area contributed by atoms with Crippen molar-refractivity contribution in [1.29, 1.82) is 0 Å². The maximum atomic E-state index is 12.3. The molecule has 0 spiro atoms. The molecule has 2 aromatic rings. The van der Waals surface area contributed by atoms with E-state index in [0.717, 1.165) is 17.7 Å². The second kappa shape index (κ2) is 7.99. The number of benzene rings is 2. The highest BCUT2D eigenvalue weighted by atomic mass is 16.5. The first-order chi connectivity index (χ1) is 13.0. The van der Waals surface area contributed by atoms with Gasteiger partial charge in [0.1, 0.15) is 23.4 Å². The van der Waals surface area contributed by atoms with Gasteiger partial charge in [0.25, 0.3) is 5.91 Å². The number of ether oxygens (including phenoxy) is 3. The molecule has 0 saturated heterocycles. The van der Waals surface area contributed by atoms with Gasteiger partial charge in [0, 0.05) is 23.6 Å². The Morgan fingerprint density at radius 2 is 2.07 bits per heavy atom. The molecule has 1 atom stereocenters. The summed E-state index contributed by atoms with van der Waals surface area (Å²) < 4.78 is 16.8. The number of hydrogen-bond acceptors (Lipinski definition) is 5. The van der Waals surface area contributed by atoms with Crippen LogP contribution in [-0.2, 0) is 11.2 Å². The Morgan fingerprint density at radius 1 is 1.26 bits per heavy atom. The smallest absolute Gasteiger partial charge is 0.262 e. The van der Waals surface area contributed by atoms with Gasteiger partial charge in [-0.15, -0.1) is 0 Å². The molecule has 142 valence electrons. The zero-order valence-corrected chi connectivity index (χ0v) is 15.3. The predicted octanol–water partition coefficient (Wildman–Crippen LogP) is 2.53. The van der Waals surface area contributed by atoms with Crippen LogP contribution in [0.2, 0.25) is 0 Å². The molecule has 1 aliphatic rings. The Kier molecular flexibility index (Phi) is 5.49. The van der Waals surface area contributed by atoms with Crippen molar-refractivity contribution in [3.05, 3.63) is 47.5 Å². The molecular formula is C20H22N2O5. The van der Waals surface area contributed by atoms with Crippen LogP contribution in [0.15, 0.2) is 36.4 Å². The van der Waals surface area contributed by atoms with E-state index in [1.54, 1.807) is 24.3 Å². The largest absolute Gasteiger partial charge is 0.492 e. The minimum atomic E-state index is -0.557. The highest BCUT2D eigenvalue weighted by molar-refractivity contribution is 5.94. The molecule has 2 aromatic carbocycles. The summed E-state index contributed by atoms with van der Waals surface area (Å²) in [6.45, 7) is 4.13. The minimum Gasteiger partial charge on any atom is -0.492 e. The molecule has 1 heterocycles. The van der Waals surface area contributed by atoms with Crippen molar-refractivity contribution < 1.29 is 23.8 Å². The fourth-order valence-corrected chi connectivity index (χ4v) is 2.89. The van der Waals surface area contributed by atoms with Crippen molar-refractivity contribution in [3.8, 4) is 17.2 Å². The van der Waals surface area contributed by atoms with Gasteiger partial charge < -0.3 is 25.3 Å². The minimum absolute atomic E-state index is 0.0984. The van der Waals surface area contributed by atoms with Gasteiger partial charge in [0.05, 0.1) is 12.3 Å². The number of primary amides is 1. The van der Waals surface area contributed by atoms with E-state index in [-0.39, 0.29) is 18.6 Å². The summed E-state index contributed by atoms with van der Waals surface area (Å²) in [7, 11) is 0. The average Bonchev–Trinajstić information content (AvgIpc) is 2.99. The summed E-state index contributed by atoms with van der Waals surface area (Å²) in [6, 6.07) is 10.0. The summed E-state index contributed by atoms with van der Waals surface area (Å²) >= 11 is 0. The Bertz CT molecular complexity index is 865. The number of anilines is 1. The summed E-state index contributed by atoms with van der Waals surface area (Å²) in [5, 5.41) is 2.79. The van der Waals surface area contributed by atoms with Gasteiger partial charge in [0.15, 0.2) is 6.61 Å². The second-order valence-corrected chi connectivity index (χ2v) is 6.25. The highest BCUT2D eigenvalue weighted by Crippen LogP contribution is 2.38. The molecular weight excluding hydrogens is 348 g/mol. The molecule has 2 amide bonds. The van der Waals surface area contributed by atoms with Gasteiger partial charge in [-0.3, -0.25) is 9.59 Å². The molecule has 1 unspecified atom stereocenters.